The van der Waals surface area contributed by atoms with Gasteiger partial charge >= 0.3 is 0 Å². The van der Waals surface area contributed by atoms with Crippen molar-refractivity contribution in [1.82, 2.24) is 14.5 Å². The molecule has 0 aliphatic carbocycles. The molecule has 1 saturated heterocycles. The lowest BCUT2D eigenvalue weighted by molar-refractivity contribution is -0.129. The highest BCUT2D eigenvalue weighted by Crippen LogP contribution is 2.31. The Balaban J connectivity index is 1.76. The molecule has 1 aromatic carbocycles. The van der Waals surface area contributed by atoms with E-state index in [4.69, 9.17) is 4.98 Å². The zero-order valence-corrected chi connectivity index (χ0v) is 20.2. The van der Waals surface area contributed by atoms with Crippen LogP contribution in [0, 0.1) is 13.8 Å². The fourth-order valence-corrected chi connectivity index (χ4v) is 6.24. The third-order valence-corrected chi connectivity index (χ3v) is 8.35. The van der Waals surface area contributed by atoms with Crippen molar-refractivity contribution >= 4 is 39.2 Å². The number of aromatic nitrogens is 2. The van der Waals surface area contributed by atoms with Crippen LogP contribution in [0.3, 0.4) is 0 Å². The second-order valence-corrected chi connectivity index (χ2v) is 10.6. The fraction of sp³-hybridized carbons (Fsp3) is 0.458. The summed E-state index contributed by atoms with van der Waals surface area (Å²) in [5.74, 6) is 0.135. The molecular formula is C24H29N3O2S2. The normalized spacial score (nSPS) is 15.0. The maximum atomic E-state index is 13.6. The van der Waals surface area contributed by atoms with E-state index >= 15 is 0 Å². The Morgan fingerprint density at radius 3 is 2.52 bits per heavy atom. The van der Waals surface area contributed by atoms with Crippen molar-refractivity contribution in [3.63, 3.8) is 0 Å². The minimum Gasteiger partial charge on any atom is -0.342 e. The van der Waals surface area contributed by atoms with Gasteiger partial charge in [0.1, 0.15) is 4.83 Å². The smallest absolute Gasteiger partial charge is 0.263 e. The molecule has 4 rings (SSSR count). The standard InChI is InChI=1S/C24H29N3O2S2/c1-5-19-16(3)20-21(31-19)25-24(30-17(4)22(28)26-12-6-7-13-26)27(23(20)29)14-18-10-8-15(2)9-11-18/h8-11,17H,5-7,12-14H2,1-4H3. The van der Waals surface area contributed by atoms with Crippen LogP contribution >= 0.6 is 23.1 Å². The number of fused-ring (bicyclic) bond motifs is 1. The molecule has 1 unspecified atom stereocenters. The van der Waals surface area contributed by atoms with Crippen LogP contribution in [0.1, 0.15) is 48.3 Å². The molecule has 1 aliphatic heterocycles. The van der Waals surface area contributed by atoms with Gasteiger partial charge in [-0.05, 0) is 51.2 Å². The van der Waals surface area contributed by atoms with E-state index < -0.39 is 0 Å². The van der Waals surface area contributed by atoms with Gasteiger partial charge in [-0.2, -0.15) is 0 Å². The summed E-state index contributed by atoms with van der Waals surface area (Å²) < 4.78 is 1.75. The second kappa shape index (κ2) is 9.17. The highest BCUT2D eigenvalue weighted by Gasteiger charge is 2.26. The molecule has 7 heteroatoms. The Hall–Kier alpha value is -2.12. The number of likely N-dealkylation sites (tertiary alicyclic amines) is 1. The van der Waals surface area contributed by atoms with Gasteiger partial charge in [0.15, 0.2) is 5.16 Å². The van der Waals surface area contributed by atoms with E-state index in [-0.39, 0.29) is 16.7 Å². The summed E-state index contributed by atoms with van der Waals surface area (Å²) in [6.07, 6.45) is 3.02. The van der Waals surface area contributed by atoms with Gasteiger partial charge in [-0.3, -0.25) is 14.2 Å². The zero-order chi connectivity index (χ0) is 22.1. The van der Waals surface area contributed by atoms with Crippen LogP contribution in [0.2, 0.25) is 0 Å². The minimum absolute atomic E-state index is 0.0117. The number of rotatable bonds is 6. The zero-order valence-electron chi connectivity index (χ0n) is 18.6. The number of thiophene rings is 1. The van der Waals surface area contributed by atoms with E-state index in [0.717, 1.165) is 53.7 Å². The minimum atomic E-state index is -0.279. The summed E-state index contributed by atoms with van der Waals surface area (Å²) in [7, 11) is 0. The molecule has 0 bridgehead atoms. The molecule has 1 atom stereocenters. The average molecular weight is 456 g/mol. The van der Waals surface area contributed by atoms with Crippen LogP contribution in [0.4, 0.5) is 0 Å². The maximum Gasteiger partial charge on any atom is 0.263 e. The lowest BCUT2D eigenvalue weighted by Gasteiger charge is -2.21. The third kappa shape index (κ3) is 4.44. The van der Waals surface area contributed by atoms with Gasteiger partial charge in [0.25, 0.3) is 5.56 Å². The number of aryl methyl sites for hydroxylation is 3. The summed E-state index contributed by atoms with van der Waals surface area (Å²) in [5.41, 5.74) is 3.26. The van der Waals surface area contributed by atoms with Crippen LogP contribution in [0.15, 0.2) is 34.2 Å². The SMILES string of the molecule is CCc1sc2nc(SC(C)C(=O)N3CCCC3)n(Cc3ccc(C)cc3)c(=O)c2c1C. The van der Waals surface area contributed by atoms with Crippen molar-refractivity contribution in [3.8, 4) is 0 Å². The van der Waals surface area contributed by atoms with E-state index in [1.54, 1.807) is 15.9 Å². The van der Waals surface area contributed by atoms with Gasteiger partial charge in [-0.25, -0.2) is 4.98 Å². The fourth-order valence-electron chi connectivity index (χ4n) is 4.09. The lowest BCUT2D eigenvalue weighted by atomic mass is 10.1. The molecule has 0 saturated carbocycles. The van der Waals surface area contributed by atoms with Crippen molar-refractivity contribution in [1.29, 1.82) is 0 Å². The number of carbonyl (C=O) groups is 1. The van der Waals surface area contributed by atoms with Crippen molar-refractivity contribution < 1.29 is 4.79 Å². The summed E-state index contributed by atoms with van der Waals surface area (Å²) in [6.45, 7) is 10.2. The van der Waals surface area contributed by atoms with Gasteiger partial charge in [0.05, 0.1) is 17.2 Å². The number of thioether (sulfide) groups is 1. The average Bonchev–Trinajstić information content (AvgIpc) is 3.40. The summed E-state index contributed by atoms with van der Waals surface area (Å²) in [5, 5.41) is 1.07. The Kier molecular flexibility index (Phi) is 6.53. The van der Waals surface area contributed by atoms with Gasteiger partial charge in [-0.1, -0.05) is 48.5 Å². The lowest BCUT2D eigenvalue weighted by Crippen LogP contribution is -2.34. The van der Waals surface area contributed by atoms with Crippen molar-refractivity contribution in [2.24, 2.45) is 0 Å². The van der Waals surface area contributed by atoms with Gasteiger partial charge in [0.2, 0.25) is 5.91 Å². The van der Waals surface area contributed by atoms with E-state index in [2.05, 4.69) is 38.1 Å². The van der Waals surface area contributed by atoms with E-state index in [1.807, 2.05) is 18.7 Å². The van der Waals surface area contributed by atoms with E-state index in [1.165, 1.54) is 22.2 Å². The second-order valence-electron chi connectivity index (χ2n) is 8.25. The van der Waals surface area contributed by atoms with Crippen LogP contribution in [0.5, 0.6) is 0 Å². The molecule has 31 heavy (non-hydrogen) atoms. The first kappa shape index (κ1) is 22.1. The molecule has 3 heterocycles. The molecule has 1 fully saturated rings. The number of amides is 1. The number of hydrogen-bond donors (Lipinski definition) is 0. The molecule has 5 nitrogen and oxygen atoms in total. The van der Waals surface area contributed by atoms with Crippen LogP contribution in [-0.2, 0) is 17.8 Å². The highest BCUT2D eigenvalue weighted by atomic mass is 32.2. The summed E-state index contributed by atoms with van der Waals surface area (Å²) >= 11 is 3.00. The molecule has 0 N–H and O–H groups in total. The molecule has 0 spiro atoms. The first-order chi connectivity index (χ1) is 14.9. The first-order valence-corrected chi connectivity index (χ1v) is 12.6. The first-order valence-electron chi connectivity index (χ1n) is 10.9. The van der Waals surface area contributed by atoms with Crippen molar-refractivity contribution in [2.45, 2.75) is 63.9 Å². The van der Waals surface area contributed by atoms with Crippen molar-refractivity contribution in [2.75, 3.05) is 13.1 Å². The summed E-state index contributed by atoms with van der Waals surface area (Å²) in [4.78, 5) is 35.3. The molecule has 1 aliphatic rings. The predicted molar refractivity (Wildman–Crippen MR) is 129 cm³/mol. The molecule has 0 radical (unpaired) electrons. The number of carbonyl (C=O) groups excluding carboxylic acids is 1. The topological polar surface area (TPSA) is 55.2 Å². The van der Waals surface area contributed by atoms with E-state index in [9.17, 15) is 9.59 Å². The molecule has 2 aromatic heterocycles. The Morgan fingerprint density at radius 1 is 1.19 bits per heavy atom. The number of hydrogen-bond acceptors (Lipinski definition) is 5. The molecular weight excluding hydrogens is 426 g/mol. The Bertz CT molecular complexity index is 1160. The van der Waals surface area contributed by atoms with E-state index in [0.29, 0.717) is 11.7 Å². The third-order valence-electron chi connectivity index (χ3n) is 5.94. The quantitative estimate of drug-likeness (QED) is 0.396. The van der Waals surface area contributed by atoms with Crippen molar-refractivity contribution in [3.05, 3.63) is 56.2 Å². The predicted octanol–water partition coefficient (Wildman–Crippen LogP) is 4.79. The maximum absolute atomic E-state index is 13.6. The summed E-state index contributed by atoms with van der Waals surface area (Å²) in [6, 6.07) is 8.22. The monoisotopic (exact) mass is 455 g/mol. The van der Waals surface area contributed by atoms with Crippen LogP contribution in [-0.4, -0.2) is 38.7 Å². The number of benzene rings is 1. The Labute approximate surface area is 191 Å². The molecule has 164 valence electrons. The molecule has 3 aromatic rings. The number of nitrogens with zero attached hydrogens (tertiary/aromatic N) is 3. The van der Waals surface area contributed by atoms with Gasteiger partial charge < -0.3 is 4.90 Å². The largest absolute Gasteiger partial charge is 0.342 e. The van der Waals surface area contributed by atoms with Crippen LogP contribution < -0.4 is 5.56 Å². The van der Waals surface area contributed by atoms with Crippen LogP contribution in [0.25, 0.3) is 10.2 Å². The molecule has 1 amide bonds. The highest BCUT2D eigenvalue weighted by molar-refractivity contribution is 8.00. The van der Waals surface area contributed by atoms with Gasteiger partial charge in [-0.15, -0.1) is 11.3 Å². The van der Waals surface area contributed by atoms with Gasteiger partial charge in [0, 0.05) is 18.0 Å². The Morgan fingerprint density at radius 2 is 1.87 bits per heavy atom.